The molecule has 1 fully saturated rings. The van der Waals surface area contributed by atoms with Crippen molar-refractivity contribution in [3.05, 3.63) is 11.7 Å². The lowest BCUT2D eigenvalue weighted by Crippen LogP contribution is -2.35. The Morgan fingerprint density at radius 2 is 1.94 bits per heavy atom. The van der Waals surface area contributed by atoms with Crippen molar-refractivity contribution in [3.8, 4) is 0 Å². The van der Waals surface area contributed by atoms with Gasteiger partial charge in [-0.05, 0) is 33.6 Å². The summed E-state index contributed by atoms with van der Waals surface area (Å²) in [6.07, 6.45) is 6.38. The SMILES string of the molecule is CC(C)(C)NCc1nc(C2CCCCC2)no1. The Kier molecular flexibility index (Phi) is 3.82. The van der Waals surface area contributed by atoms with Gasteiger partial charge >= 0.3 is 0 Å². The number of nitrogens with one attached hydrogen (secondary N) is 1. The highest BCUT2D eigenvalue weighted by molar-refractivity contribution is 4.97. The molecule has 0 saturated heterocycles. The average Bonchev–Trinajstić information content (AvgIpc) is 2.75. The molecule has 2 rings (SSSR count). The normalized spacial score (nSPS) is 18.5. The second kappa shape index (κ2) is 5.17. The summed E-state index contributed by atoms with van der Waals surface area (Å²) in [4.78, 5) is 4.50. The second-order valence-corrected chi connectivity index (χ2v) is 5.98. The number of rotatable bonds is 3. The van der Waals surface area contributed by atoms with Crippen LogP contribution in [0, 0.1) is 0 Å². The first-order valence-electron chi connectivity index (χ1n) is 6.62. The van der Waals surface area contributed by atoms with Gasteiger partial charge < -0.3 is 9.84 Å². The highest BCUT2D eigenvalue weighted by Crippen LogP contribution is 2.30. The van der Waals surface area contributed by atoms with Crippen molar-refractivity contribution >= 4 is 0 Å². The van der Waals surface area contributed by atoms with Crippen molar-refractivity contribution in [1.82, 2.24) is 15.5 Å². The zero-order valence-electron chi connectivity index (χ0n) is 11.1. The number of hydrogen-bond donors (Lipinski definition) is 1. The molecular formula is C13H23N3O. The van der Waals surface area contributed by atoms with Gasteiger partial charge in [0.1, 0.15) is 0 Å². The minimum Gasteiger partial charge on any atom is -0.338 e. The van der Waals surface area contributed by atoms with Crippen molar-refractivity contribution in [2.75, 3.05) is 0 Å². The summed E-state index contributed by atoms with van der Waals surface area (Å²) < 4.78 is 5.29. The molecule has 96 valence electrons. The predicted molar refractivity (Wildman–Crippen MR) is 66.7 cm³/mol. The molecule has 1 saturated carbocycles. The minimum atomic E-state index is 0.0828. The topological polar surface area (TPSA) is 51.0 Å². The van der Waals surface area contributed by atoms with Crippen LogP contribution in [-0.4, -0.2) is 15.7 Å². The zero-order chi connectivity index (χ0) is 12.3. The quantitative estimate of drug-likeness (QED) is 0.878. The van der Waals surface area contributed by atoms with Gasteiger partial charge in [0.05, 0.1) is 6.54 Å². The van der Waals surface area contributed by atoms with E-state index < -0.39 is 0 Å². The Morgan fingerprint density at radius 3 is 2.59 bits per heavy atom. The molecule has 17 heavy (non-hydrogen) atoms. The number of aromatic nitrogens is 2. The van der Waals surface area contributed by atoms with E-state index in [0.717, 1.165) is 5.82 Å². The summed E-state index contributed by atoms with van der Waals surface area (Å²) in [6, 6.07) is 0. The maximum Gasteiger partial charge on any atom is 0.240 e. The summed E-state index contributed by atoms with van der Waals surface area (Å²) in [5.41, 5.74) is 0.0828. The fourth-order valence-corrected chi connectivity index (χ4v) is 2.21. The molecule has 0 spiro atoms. The summed E-state index contributed by atoms with van der Waals surface area (Å²) in [7, 11) is 0. The fraction of sp³-hybridized carbons (Fsp3) is 0.846. The second-order valence-electron chi connectivity index (χ2n) is 5.98. The van der Waals surface area contributed by atoms with E-state index in [-0.39, 0.29) is 5.54 Å². The number of nitrogens with zero attached hydrogens (tertiary/aromatic N) is 2. The van der Waals surface area contributed by atoms with Gasteiger partial charge in [0, 0.05) is 11.5 Å². The summed E-state index contributed by atoms with van der Waals surface area (Å²) >= 11 is 0. The zero-order valence-corrected chi connectivity index (χ0v) is 11.1. The molecule has 0 amide bonds. The summed E-state index contributed by atoms with van der Waals surface area (Å²) in [6.45, 7) is 7.05. The van der Waals surface area contributed by atoms with E-state index in [2.05, 4.69) is 36.2 Å². The van der Waals surface area contributed by atoms with Crippen LogP contribution in [-0.2, 0) is 6.54 Å². The third-order valence-electron chi connectivity index (χ3n) is 3.22. The first-order valence-corrected chi connectivity index (χ1v) is 6.62. The molecule has 0 bridgehead atoms. The molecule has 4 heteroatoms. The van der Waals surface area contributed by atoms with Crippen molar-refractivity contribution in [3.63, 3.8) is 0 Å². The van der Waals surface area contributed by atoms with Gasteiger partial charge in [0.2, 0.25) is 5.89 Å². The van der Waals surface area contributed by atoms with Crippen molar-refractivity contribution in [2.45, 2.75) is 70.9 Å². The van der Waals surface area contributed by atoms with E-state index in [1.54, 1.807) is 0 Å². The van der Waals surface area contributed by atoms with Gasteiger partial charge in [-0.2, -0.15) is 4.98 Å². The van der Waals surface area contributed by atoms with Crippen LogP contribution >= 0.6 is 0 Å². The van der Waals surface area contributed by atoms with E-state index in [1.807, 2.05) is 0 Å². The standard InChI is InChI=1S/C13H23N3O/c1-13(2,3)14-9-11-15-12(16-17-11)10-7-5-4-6-8-10/h10,14H,4-9H2,1-3H3. The van der Waals surface area contributed by atoms with Crippen LogP contribution in [0.3, 0.4) is 0 Å². The molecule has 1 aliphatic carbocycles. The van der Waals surface area contributed by atoms with Gasteiger partial charge in [-0.1, -0.05) is 24.4 Å². The van der Waals surface area contributed by atoms with Gasteiger partial charge in [0.15, 0.2) is 5.82 Å². The first kappa shape index (κ1) is 12.6. The molecule has 0 unspecified atom stereocenters. The largest absolute Gasteiger partial charge is 0.338 e. The highest BCUT2D eigenvalue weighted by Gasteiger charge is 2.21. The van der Waals surface area contributed by atoms with Crippen LogP contribution in [0.15, 0.2) is 4.52 Å². The third-order valence-corrected chi connectivity index (χ3v) is 3.22. The van der Waals surface area contributed by atoms with Crippen molar-refractivity contribution in [1.29, 1.82) is 0 Å². The lowest BCUT2D eigenvalue weighted by molar-refractivity contribution is 0.328. The van der Waals surface area contributed by atoms with E-state index in [0.29, 0.717) is 18.4 Å². The number of hydrogen-bond acceptors (Lipinski definition) is 4. The molecule has 1 aromatic rings. The smallest absolute Gasteiger partial charge is 0.240 e. The average molecular weight is 237 g/mol. The summed E-state index contributed by atoms with van der Waals surface area (Å²) in [5.74, 6) is 2.15. The molecule has 0 radical (unpaired) electrons. The van der Waals surface area contributed by atoms with E-state index in [1.165, 1.54) is 32.1 Å². The molecule has 0 atom stereocenters. The van der Waals surface area contributed by atoms with Crippen LogP contribution in [0.4, 0.5) is 0 Å². The lowest BCUT2D eigenvalue weighted by atomic mass is 9.89. The van der Waals surface area contributed by atoms with Crippen molar-refractivity contribution < 1.29 is 4.52 Å². The Morgan fingerprint density at radius 1 is 1.24 bits per heavy atom. The van der Waals surface area contributed by atoms with Crippen molar-refractivity contribution in [2.24, 2.45) is 0 Å². The Hall–Kier alpha value is -0.900. The fourth-order valence-electron chi connectivity index (χ4n) is 2.21. The van der Waals surface area contributed by atoms with E-state index >= 15 is 0 Å². The molecule has 0 aliphatic heterocycles. The molecule has 4 nitrogen and oxygen atoms in total. The van der Waals surface area contributed by atoms with E-state index in [9.17, 15) is 0 Å². The van der Waals surface area contributed by atoms with Crippen LogP contribution in [0.1, 0.15) is 70.5 Å². The van der Waals surface area contributed by atoms with Gasteiger partial charge in [-0.25, -0.2) is 0 Å². The highest BCUT2D eigenvalue weighted by atomic mass is 16.5. The van der Waals surface area contributed by atoms with Crippen LogP contribution in [0.2, 0.25) is 0 Å². The first-order chi connectivity index (χ1) is 8.04. The molecule has 0 aromatic carbocycles. The lowest BCUT2D eigenvalue weighted by Gasteiger charge is -2.19. The Bertz CT molecular complexity index is 348. The molecular weight excluding hydrogens is 214 g/mol. The van der Waals surface area contributed by atoms with E-state index in [4.69, 9.17) is 4.52 Å². The molecule has 1 heterocycles. The Balaban J connectivity index is 1.91. The van der Waals surface area contributed by atoms with Gasteiger partial charge in [-0.3, -0.25) is 0 Å². The maximum absolute atomic E-state index is 5.29. The molecule has 1 N–H and O–H groups in total. The van der Waals surface area contributed by atoms with Crippen LogP contribution < -0.4 is 5.32 Å². The van der Waals surface area contributed by atoms with Crippen LogP contribution in [0.25, 0.3) is 0 Å². The Labute approximate surface area is 103 Å². The molecule has 1 aliphatic rings. The van der Waals surface area contributed by atoms with Gasteiger partial charge in [0.25, 0.3) is 0 Å². The summed E-state index contributed by atoms with van der Waals surface area (Å²) in [5, 5.41) is 7.47. The van der Waals surface area contributed by atoms with Crippen LogP contribution in [0.5, 0.6) is 0 Å². The maximum atomic E-state index is 5.29. The third kappa shape index (κ3) is 3.80. The predicted octanol–water partition coefficient (Wildman–Crippen LogP) is 3.01. The van der Waals surface area contributed by atoms with Gasteiger partial charge in [-0.15, -0.1) is 0 Å². The minimum absolute atomic E-state index is 0.0828. The molecule has 1 aromatic heterocycles. The monoisotopic (exact) mass is 237 g/mol.